The number of esters is 1. The molecule has 26 heavy (non-hydrogen) atoms. The van der Waals surface area contributed by atoms with Gasteiger partial charge in [-0.1, -0.05) is 0 Å². The van der Waals surface area contributed by atoms with E-state index in [1.807, 2.05) is 6.92 Å². The summed E-state index contributed by atoms with van der Waals surface area (Å²) >= 11 is 0. The number of β-amino-alcohol motifs (C(OH)–C–C–N with tert-alkyl or cyclic N) is 1. The van der Waals surface area contributed by atoms with Crippen LogP contribution in [0.4, 0.5) is 0 Å². The maximum atomic E-state index is 11.8. The first-order chi connectivity index (χ1) is 12.5. The van der Waals surface area contributed by atoms with E-state index >= 15 is 0 Å². The van der Waals surface area contributed by atoms with Crippen LogP contribution >= 0.6 is 0 Å². The summed E-state index contributed by atoms with van der Waals surface area (Å²) < 4.78 is 11.5. The fraction of sp³-hybridized carbons (Fsp3) is 0.952. The smallest absolute Gasteiger partial charge is 0.309 e. The van der Waals surface area contributed by atoms with Crippen LogP contribution < -0.4 is 0 Å². The zero-order valence-corrected chi connectivity index (χ0v) is 16.2. The van der Waals surface area contributed by atoms with Gasteiger partial charge < -0.3 is 19.5 Å². The second kappa shape index (κ2) is 7.76. The summed E-state index contributed by atoms with van der Waals surface area (Å²) in [6.07, 6.45) is 9.15. The molecule has 4 saturated carbocycles. The third-order valence-electron chi connectivity index (χ3n) is 7.24. The van der Waals surface area contributed by atoms with Gasteiger partial charge in [0.15, 0.2) is 0 Å². The number of carbonyl (C=O) groups is 1. The third kappa shape index (κ3) is 4.10. The predicted octanol–water partition coefficient (Wildman–Crippen LogP) is 2.61. The van der Waals surface area contributed by atoms with Crippen molar-refractivity contribution in [2.45, 2.75) is 70.0 Å². The van der Waals surface area contributed by atoms with Gasteiger partial charge in [-0.15, -0.1) is 0 Å². The van der Waals surface area contributed by atoms with E-state index in [9.17, 15) is 9.90 Å². The Morgan fingerprint density at radius 1 is 1.12 bits per heavy atom. The average Bonchev–Trinajstić information content (AvgIpc) is 2.60. The predicted molar refractivity (Wildman–Crippen MR) is 98.7 cm³/mol. The van der Waals surface area contributed by atoms with Crippen molar-refractivity contribution >= 4 is 5.97 Å². The summed E-state index contributed by atoms with van der Waals surface area (Å²) in [7, 11) is 0. The minimum atomic E-state index is -0.429. The van der Waals surface area contributed by atoms with Gasteiger partial charge in [0.2, 0.25) is 0 Å². The first kappa shape index (κ1) is 18.7. The molecule has 5 heteroatoms. The van der Waals surface area contributed by atoms with Gasteiger partial charge in [-0.3, -0.25) is 4.79 Å². The van der Waals surface area contributed by atoms with E-state index in [4.69, 9.17) is 9.47 Å². The van der Waals surface area contributed by atoms with Crippen LogP contribution in [-0.2, 0) is 14.3 Å². The third-order valence-corrected chi connectivity index (χ3v) is 7.24. The fourth-order valence-corrected chi connectivity index (χ4v) is 6.44. The number of nitrogens with zero attached hydrogens (tertiary/aromatic N) is 1. The largest absolute Gasteiger partial charge is 0.466 e. The van der Waals surface area contributed by atoms with Crippen molar-refractivity contribution in [3.05, 3.63) is 0 Å². The van der Waals surface area contributed by atoms with Crippen LogP contribution in [0.25, 0.3) is 0 Å². The van der Waals surface area contributed by atoms with E-state index in [0.717, 1.165) is 43.7 Å². The molecule has 1 atom stereocenters. The monoisotopic (exact) mass is 365 g/mol. The van der Waals surface area contributed by atoms with E-state index in [-0.39, 0.29) is 17.5 Å². The van der Waals surface area contributed by atoms with Crippen molar-refractivity contribution in [1.82, 2.24) is 4.90 Å². The van der Waals surface area contributed by atoms with Crippen molar-refractivity contribution in [2.75, 3.05) is 32.8 Å². The molecule has 1 unspecified atom stereocenters. The van der Waals surface area contributed by atoms with Crippen LogP contribution in [-0.4, -0.2) is 60.5 Å². The van der Waals surface area contributed by atoms with Crippen LogP contribution in [0.2, 0.25) is 0 Å². The molecule has 5 nitrogen and oxygen atoms in total. The highest BCUT2D eigenvalue weighted by Gasteiger charge is 2.51. The van der Waals surface area contributed by atoms with Crippen LogP contribution in [0, 0.1) is 23.7 Å². The Kier molecular flexibility index (Phi) is 5.58. The topological polar surface area (TPSA) is 59.0 Å². The van der Waals surface area contributed by atoms with Crippen molar-refractivity contribution < 1.29 is 19.4 Å². The fourth-order valence-electron chi connectivity index (χ4n) is 6.44. The molecule has 4 aliphatic carbocycles. The first-order valence-corrected chi connectivity index (χ1v) is 10.8. The van der Waals surface area contributed by atoms with E-state index in [2.05, 4.69) is 4.90 Å². The average molecular weight is 366 g/mol. The maximum Gasteiger partial charge on any atom is 0.309 e. The summed E-state index contributed by atoms with van der Waals surface area (Å²) in [5, 5.41) is 10.5. The van der Waals surface area contributed by atoms with Gasteiger partial charge in [0, 0.05) is 6.54 Å². The summed E-state index contributed by atoms with van der Waals surface area (Å²) in [5.74, 6) is 2.60. The van der Waals surface area contributed by atoms with Crippen molar-refractivity contribution in [1.29, 1.82) is 0 Å². The minimum absolute atomic E-state index is 0.0339. The molecule has 0 amide bonds. The van der Waals surface area contributed by atoms with E-state index < -0.39 is 6.10 Å². The lowest BCUT2D eigenvalue weighted by atomic mass is 9.54. The molecule has 1 heterocycles. The van der Waals surface area contributed by atoms with E-state index in [1.165, 1.54) is 38.5 Å². The Morgan fingerprint density at radius 3 is 2.23 bits per heavy atom. The van der Waals surface area contributed by atoms with Gasteiger partial charge in [-0.2, -0.15) is 0 Å². The SMILES string of the molecule is CCOC(=O)C1CCN(CC(O)COC23CC4CC(CC(C4)C2)C3)CC1. The van der Waals surface area contributed by atoms with Crippen LogP contribution in [0.15, 0.2) is 0 Å². The molecular weight excluding hydrogens is 330 g/mol. The van der Waals surface area contributed by atoms with Crippen LogP contribution in [0.5, 0.6) is 0 Å². The number of aliphatic hydroxyl groups is 1. The van der Waals surface area contributed by atoms with Crippen molar-refractivity contribution in [3.8, 4) is 0 Å². The Bertz CT molecular complexity index is 465. The normalized spacial score (nSPS) is 38.5. The highest BCUT2D eigenvalue weighted by atomic mass is 16.5. The molecule has 0 aromatic rings. The number of ether oxygens (including phenoxy) is 2. The summed E-state index contributed by atoms with van der Waals surface area (Å²) in [6.45, 7) is 5.15. The molecule has 1 saturated heterocycles. The molecule has 1 aliphatic heterocycles. The molecule has 0 spiro atoms. The van der Waals surface area contributed by atoms with Gasteiger partial charge in [0.05, 0.1) is 30.8 Å². The van der Waals surface area contributed by atoms with Gasteiger partial charge >= 0.3 is 5.97 Å². The summed E-state index contributed by atoms with van der Waals surface area (Å²) in [4.78, 5) is 14.1. The molecule has 0 aromatic heterocycles. The highest BCUT2D eigenvalue weighted by Crippen LogP contribution is 2.57. The molecule has 5 rings (SSSR count). The number of aliphatic hydroxyl groups excluding tert-OH is 1. The molecule has 4 bridgehead atoms. The summed E-state index contributed by atoms with van der Waals surface area (Å²) in [5.41, 5.74) is 0.0760. The Labute approximate surface area is 157 Å². The molecule has 0 radical (unpaired) electrons. The molecule has 0 aromatic carbocycles. The van der Waals surface area contributed by atoms with E-state index in [1.54, 1.807) is 0 Å². The van der Waals surface area contributed by atoms with Gasteiger partial charge in [-0.25, -0.2) is 0 Å². The van der Waals surface area contributed by atoms with Gasteiger partial charge in [0.1, 0.15) is 0 Å². The number of hydrogen-bond donors (Lipinski definition) is 1. The van der Waals surface area contributed by atoms with Gasteiger partial charge in [0.25, 0.3) is 0 Å². The Hall–Kier alpha value is -0.650. The lowest BCUT2D eigenvalue weighted by Gasteiger charge is -2.56. The lowest BCUT2D eigenvalue weighted by Crippen LogP contribution is -2.53. The lowest BCUT2D eigenvalue weighted by molar-refractivity contribution is -0.176. The van der Waals surface area contributed by atoms with E-state index in [0.29, 0.717) is 19.8 Å². The number of hydrogen-bond acceptors (Lipinski definition) is 5. The molecule has 148 valence electrons. The maximum absolute atomic E-state index is 11.8. The quantitative estimate of drug-likeness (QED) is 0.703. The second-order valence-corrected chi connectivity index (χ2v) is 9.39. The first-order valence-electron chi connectivity index (χ1n) is 10.8. The zero-order chi connectivity index (χ0) is 18.1. The second-order valence-electron chi connectivity index (χ2n) is 9.39. The number of likely N-dealkylation sites (tertiary alicyclic amines) is 1. The number of carbonyl (C=O) groups excluding carboxylic acids is 1. The van der Waals surface area contributed by atoms with Crippen LogP contribution in [0.1, 0.15) is 58.3 Å². The molecule has 5 fully saturated rings. The van der Waals surface area contributed by atoms with Crippen LogP contribution in [0.3, 0.4) is 0 Å². The minimum Gasteiger partial charge on any atom is -0.466 e. The number of rotatable bonds is 7. The Balaban J connectivity index is 1.19. The number of piperidine rings is 1. The van der Waals surface area contributed by atoms with Crippen molar-refractivity contribution in [2.24, 2.45) is 23.7 Å². The zero-order valence-electron chi connectivity index (χ0n) is 16.2. The Morgan fingerprint density at radius 2 is 1.69 bits per heavy atom. The summed E-state index contributed by atoms with van der Waals surface area (Å²) in [6, 6.07) is 0. The molecule has 1 N–H and O–H groups in total. The highest BCUT2D eigenvalue weighted by molar-refractivity contribution is 5.72. The van der Waals surface area contributed by atoms with Gasteiger partial charge in [-0.05, 0) is 89.1 Å². The molecule has 5 aliphatic rings. The molecular formula is C21H35NO4. The van der Waals surface area contributed by atoms with Crippen molar-refractivity contribution in [3.63, 3.8) is 0 Å². The standard InChI is InChI=1S/C21H35NO4/c1-2-25-20(24)18-3-5-22(6-4-18)13-19(23)14-26-21-10-15-7-16(11-21)9-17(8-15)12-21/h15-19,23H,2-14H2,1H3.